The molecule has 0 spiro atoms. The molecule has 0 aliphatic carbocycles. The molecule has 0 radical (unpaired) electrons. The van der Waals surface area contributed by atoms with Gasteiger partial charge in [0.1, 0.15) is 0 Å². The van der Waals surface area contributed by atoms with Crippen LogP contribution < -0.4 is 5.73 Å². The second kappa shape index (κ2) is 5.27. The molecule has 2 rings (SSSR count). The molecule has 0 amide bonds. The zero-order chi connectivity index (χ0) is 14.0. The Balaban J connectivity index is 2.27. The van der Waals surface area contributed by atoms with Crippen LogP contribution in [-0.4, -0.2) is 14.7 Å². The Morgan fingerprint density at radius 2 is 1.68 bits per heavy atom. The Morgan fingerprint density at radius 3 is 2.26 bits per heavy atom. The summed E-state index contributed by atoms with van der Waals surface area (Å²) in [7, 11) is -3.14. The van der Waals surface area contributed by atoms with E-state index in [1.165, 1.54) is 18.0 Å². The van der Waals surface area contributed by atoms with Gasteiger partial charge in [0.05, 0.1) is 4.90 Å². The zero-order valence-corrected chi connectivity index (χ0v) is 12.4. The van der Waals surface area contributed by atoms with Crippen molar-refractivity contribution < 1.29 is 8.42 Å². The molecule has 0 saturated carbocycles. The standard InChI is InChI=1S/C14H15NO2S2/c1-10-4-3-5-13(14(10)15)18-11-6-8-12(9-7-11)19(2,16)17/h3-9H,15H2,1-2H3. The molecule has 0 aromatic heterocycles. The molecule has 0 aliphatic heterocycles. The Labute approximate surface area is 117 Å². The summed E-state index contributed by atoms with van der Waals surface area (Å²) < 4.78 is 22.7. The van der Waals surface area contributed by atoms with Gasteiger partial charge in [-0.1, -0.05) is 23.9 Å². The molecule has 100 valence electrons. The van der Waals surface area contributed by atoms with E-state index in [1.807, 2.05) is 25.1 Å². The summed E-state index contributed by atoms with van der Waals surface area (Å²) in [6, 6.07) is 12.7. The maximum Gasteiger partial charge on any atom is 0.175 e. The third-order valence-electron chi connectivity index (χ3n) is 2.76. The van der Waals surface area contributed by atoms with Crippen molar-refractivity contribution in [2.24, 2.45) is 0 Å². The fourth-order valence-corrected chi connectivity index (χ4v) is 3.20. The van der Waals surface area contributed by atoms with Crippen LogP contribution >= 0.6 is 11.8 Å². The first-order chi connectivity index (χ1) is 8.88. The van der Waals surface area contributed by atoms with Crippen molar-refractivity contribution in [2.75, 3.05) is 12.0 Å². The molecule has 5 heteroatoms. The van der Waals surface area contributed by atoms with Crippen molar-refractivity contribution in [3.05, 3.63) is 48.0 Å². The number of hydrogen-bond donors (Lipinski definition) is 1. The molecule has 3 nitrogen and oxygen atoms in total. The Kier molecular flexibility index (Phi) is 3.87. The first kappa shape index (κ1) is 14.0. The number of para-hydroxylation sites is 1. The van der Waals surface area contributed by atoms with Gasteiger partial charge in [-0.15, -0.1) is 0 Å². The van der Waals surface area contributed by atoms with Gasteiger partial charge in [-0.2, -0.15) is 0 Å². The van der Waals surface area contributed by atoms with Crippen LogP contribution in [0.3, 0.4) is 0 Å². The average molecular weight is 293 g/mol. The van der Waals surface area contributed by atoms with Gasteiger partial charge in [-0.25, -0.2) is 8.42 Å². The van der Waals surface area contributed by atoms with Gasteiger partial charge in [0.15, 0.2) is 9.84 Å². The Morgan fingerprint density at radius 1 is 1.05 bits per heavy atom. The average Bonchev–Trinajstić information content (AvgIpc) is 2.35. The van der Waals surface area contributed by atoms with E-state index in [9.17, 15) is 8.42 Å². The first-order valence-corrected chi connectivity index (χ1v) is 8.42. The van der Waals surface area contributed by atoms with E-state index in [0.29, 0.717) is 4.90 Å². The minimum atomic E-state index is -3.14. The number of anilines is 1. The Hall–Kier alpha value is -1.46. The highest BCUT2D eigenvalue weighted by Gasteiger charge is 2.08. The number of nitrogens with two attached hydrogens (primary N) is 1. The summed E-state index contributed by atoms with van der Waals surface area (Å²) >= 11 is 1.53. The van der Waals surface area contributed by atoms with Crippen molar-refractivity contribution in [3.63, 3.8) is 0 Å². The maximum absolute atomic E-state index is 11.4. The fraction of sp³-hybridized carbons (Fsp3) is 0.143. The highest BCUT2D eigenvalue weighted by atomic mass is 32.2. The van der Waals surface area contributed by atoms with Gasteiger partial charge in [0.2, 0.25) is 0 Å². The number of sulfone groups is 1. The summed E-state index contributed by atoms with van der Waals surface area (Å²) in [5.41, 5.74) is 7.82. The van der Waals surface area contributed by atoms with Crippen LogP contribution in [-0.2, 0) is 9.84 Å². The number of benzene rings is 2. The van der Waals surface area contributed by atoms with E-state index in [-0.39, 0.29) is 0 Å². The van der Waals surface area contributed by atoms with Crippen LogP contribution in [0, 0.1) is 6.92 Å². The van der Waals surface area contributed by atoms with Gasteiger partial charge in [0, 0.05) is 21.7 Å². The van der Waals surface area contributed by atoms with E-state index < -0.39 is 9.84 Å². The lowest BCUT2D eigenvalue weighted by Gasteiger charge is -2.08. The van der Waals surface area contributed by atoms with Gasteiger partial charge in [0.25, 0.3) is 0 Å². The van der Waals surface area contributed by atoms with Crippen LogP contribution in [0.2, 0.25) is 0 Å². The predicted molar refractivity (Wildman–Crippen MR) is 79.3 cm³/mol. The lowest BCUT2D eigenvalue weighted by Crippen LogP contribution is -1.96. The van der Waals surface area contributed by atoms with Gasteiger partial charge < -0.3 is 5.73 Å². The molecule has 0 atom stereocenters. The largest absolute Gasteiger partial charge is 0.398 e. The van der Waals surface area contributed by atoms with E-state index in [1.54, 1.807) is 24.3 Å². The minimum absolute atomic E-state index is 0.328. The second-order valence-corrected chi connectivity index (χ2v) is 7.46. The van der Waals surface area contributed by atoms with Crippen molar-refractivity contribution in [1.82, 2.24) is 0 Å². The van der Waals surface area contributed by atoms with Crippen LogP contribution in [0.5, 0.6) is 0 Å². The maximum atomic E-state index is 11.4. The van der Waals surface area contributed by atoms with Gasteiger partial charge in [-0.05, 0) is 42.8 Å². The normalized spacial score (nSPS) is 11.5. The van der Waals surface area contributed by atoms with Gasteiger partial charge in [-0.3, -0.25) is 0 Å². The molecule has 2 N–H and O–H groups in total. The van der Waals surface area contributed by atoms with E-state index >= 15 is 0 Å². The molecule has 0 heterocycles. The van der Waals surface area contributed by atoms with Crippen molar-refractivity contribution >= 4 is 27.3 Å². The molecule has 2 aromatic rings. The molecular formula is C14H15NO2S2. The molecule has 19 heavy (non-hydrogen) atoms. The van der Waals surface area contributed by atoms with E-state index in [2.05, 4.69) is 0 Å². The number of nitrogen functional groups attached to an aromatic ring is 1. The second-order valence-electron chi connectivity index (χ2n) is 4.33. The van der Waals surface area contributed by atoms with Crippen molar-refractivity contribution in [1.29, 1.82) is 0 Å². The van der Waals surface area contributed by atoms with Gasteiger partial charge >= 0.3 is 0 Å². The molecule has 0 unspecified atom stereocenters. The lowest BCUT2D eigenvalue weighted by molar-refractivity contribution is 0.602. The minimum Gasteiger partial charge on any atom is -0.398 e. The monoisotopic (exact) mass is 293 g/mol. The van der Waals surface area contributed by atoms with Crippen LogP contribution in [0.4, 0.5) is 5.69 Å². The van der Waals surface area contributed by atoms with Crippen LogP contribution in [0.25, 0.3) is 0 Å². The summed E-state index contributed by atoms with van der Waals surface area (Å²) in [5, 5.41) is 0. The molecule has 2 aromatic carbocycles. The molecular weight excluding hydrogens is 278 g/mol. The Bertz CT molecular complexity index is 692. The van der Waals surface area contributed by atoms with Crippen molar-refractivity contribution in [2.45, 2.75) is 21.6 Å². The smallest absolute Gasteiger partial charge is 0.175 e. The number of hydrogen-bond acceptors (Lipinski definition) is 4. The number of rotatable bonds is 3. The van der Waals surface area contributed by atoms with Crippen LogP contribution in [0.1, 0.15) is 5.56 Å². The van der Waals surface area contributed by atoms with Crippen LogP contribution in [0.15, 0.2) is 57.2 Å². The third-order valence-corrected chi connectivity index (χ3v) is 4.98. The highest BCUT2D eigenvalue weighted by molar-refractivity contribution is 7.99. The lowest BCUT2D eigenvalue weighted by atomic mass is 10.2. The highest BCUT2D eigenvalue weighted by Crippen LogP contribution is 2.33. The summed E-state index contributed by atoms with van der Waals surface area (Å²) in [4.78, 5) is 2.27. The molecule has 0 bridgehead atoms. The third kappa shape index (κ3) is 3.30. The summed E-state index contributed by atoms with van der Waals surface area (Å²) in [6.45, 7) is 1.96. The molecule has 0 saturated heterocycles. The predicted octanol–water partition coefficient (Wildman–Crippen LogP) is 3.13. The topological polar surface area (TPSA) is 60.2 Å². The van der Waals surface area contributed by atoms with Crippen molar-refractivity contribution in [3.8, 4) is 0 Å². The number of aryl methyl sites for hydroxylation is 1. The fourth-order valence-electron chi connectivity index (χ4n) is 1.62. The van der Waals surface area contributed by atoms with E-state index in [0.717, 1.165) is 21.0 Å². The summed E-state index contributed by atoms with van der Waals surface area (Å²) in [5.74, 6) is 0. The molecule has 0 fully saturated rings. The summed E-state index contributed by atoms with van der Waals surface area (Å²) in [6.07, 6.45) is 1.20. The zero-order valence-electron chi connectivity index (χ0n) is 10.8. The first-order valence-electron chi connectivity index (χ1n) is 5.71. The SMILES string of the molecule is Cc1cccc(Sc2ccc(S(C)(=O)=O)cc2)c1N. The quantitative estimate of drug-likeness (QED) is 0.883. The molecule has 0 aliphatic rings. The van der Waals surface area contributed by atoms with E-state index in [4.69, 9.17) is 5.73 Å².